The van der Waals surface area contributed by atoms with E-state index >= 15 is 0 Å². The van der Waals surface area contributed by atoms with Gasteiger partial charge in [-0.15, -0.1) is 6.58 Å². The Morgan fingerprint density at radius 1 is 1.14 bits per heavy atom. The van der Waals surface area contributed by atoms with Crippen molar-refractivity contribution in [1.82, 2.24) is 4.90 Å². The first-order chi connectivity index (χ1) is 14.1. The first-order valence-corrected chi connectivity index (χ1v) is 10.0. The Labute approximate surface area is 172 Å². The second-order valence-electron chi connectivity index (χ2n) is 7.28. The lowest BCUT2D eigenvalue weighted by atomic mass is 9.96. The average molecular weight is 389 g/mol. The monoisotopic (exact) mass is 389 g/mol. The molecule has 0 aliphatic carbocycles. The molecule has 29 heavy (non-hydrogen) atoms. The minimum atomic E-state index is -0.565. The summed E-state index contributed by atoms with van der Waals surface area (Å²) in [5.74, 6) is -0.480. The topological polar surface area (TPSA) is 46.6 Å². The Balaban J connectivity index is 1.65. The van der Waals surface area contributed by atoms with Crippen LogP contribution in [0.5, 0.6) is 0 Å². The fourth-order valence-electron chi connectivity index (χ4n) is 3.67. The number of hydrogen-bond donors (Lipinski definition) is 0. The van der Waals surface area contributed by atoms with Gasteiger partial charge in [-0.1, -0.05) is 78.9 Å². The van der Waals surface area contributed by atoms with Crippen molar-refractivity contribution in [3.63, 3.8) is 0 Å². The standard InChI is InChI=1S/C25H27NO3/c1-3-12-22(18-11-10-15-20-13-6-4-7-14-20)24(27)26-19(2)23(29-25(26)28)21-16-8-5-9-17-21/h3-10,13-17,19,22-23H,1,11-12,18H2,2H3/b15-10+/t19-,22-,23-/m1/s1. The van der Waals surface area contributed by atoms with E-state index in [1.165, 1.54) is 4.90 Å². The van der Waals surface area contributed by atoms with Crippen molar-refractivity contribution in [2.75, 3.05) is 0 Å². The minimum Gasteiger partial charge on any atom is -0.439 e. The van der Waals surface area contributed by atoms with E-state index in [4.69, 9.17) is 4.74 Å². The summed E-state index contributed by atoms with van der Waals surface area (Å²) in [5, 5.41) is 0. The summed E-state index contributed by atoms with van der Waals surface area (Å²) in [6.07, 6.45) is 6.79. The van der Waals surface area contributed by atoms with Crippen LogP contribution in [0.4, 0.5) is 4.79 Å². The highest BCUT2D eigenvalue weighted by Crippen LogP contribution is 2.34. The lowest BCUT2D eigenvalue weighted by Gasteiger charge is -2.23. The predicted molar refractivity (Wildman–Crippen MR) is 115 cm³/mol. The van der Waals surface area contributed by atoms with Crippen LogP contribution >= 0.6 is 0 Å². The highest BCUT2D eigenvalue weighted by molar-refractivity contribution is 5.95. The van der Waals surface area contributed by atoms with Crippen LogP contribution in [0.2, 0.25) is 0 Å². The van der Waals surface area contributed by atoms with Crippen molar-refractivity contribution >= 4 is 18.1 Å². The van der Waals surface area contributed by atoms with Crippen LogP contribution in [0.1, 0.15) is 43.4 Å². The molecule has 0 N–H and O–H groups in total. The van der Waals surface area contributed by atoms with Gasteiger partial charge in [0.1, 0.15) is 6.10 Å². The third-order valence-electron chi connectivity index (χ3n) is 5.23. The van der Waals surface area contributed by atoms with Crippen LogP contribution in [-0.4, -0.2) is 22.9 Å². The molecule has 3 atom stereocenters. The molecule has 3 rings (SSSR count). The van der Waals surface area contributed by atoms with Crippen LogP contribution in [-0.2, 0) is 9.53 Å². The van der Waals surface area contributed by atoms with Gasteiger partial charge in [-0.3, -0.25) is 4.79 Å². The molecule has 0 saturated carbocycles. The van der Waals surface area contributed by atoms with Gasteiger partial charge in [0, 0.05) is 5.92 Å². The molecule has 0 unspecified atom stereocenters. The van der Waals surface area contributed by atoms with Gasteiger partial charge < -0.3 is 4.74 Å². The number of benzene rings is 2. The lowest BCUT2D eigenvalue weighted by Crippen LogP contribution is -2.41. The average Bonchev–Trinajstić information content (AvgIpc) is 3.05. The largest absolute Gasteiger partial charge is 0.439 e. The van der Waals surface area contributed by atoms with Gasteiger partial charge in [-0.25, -0.2) is 9.69 Å². The van der Waals surface area contributed by atoms with Gasteiger partial charge in [-0.05, 0) is 37.3 Å². The minimum absolute atomic E-state index is 0.186. The smallest absolute Gasteiger partial charge is 0.417 e. The zero-order valence-electron chi connectivity index (χ0n) is 16.7. The molecular weight excluding hydrogens is 362 g/mol. The maximum Gasteiger partial charge on any atom is 0.417 e. The van der Waals surface area contributed by atoms with Crippen molar-refractivity contribution < 1.29 is 14.3 Å². The van der Waals surface area contributed by atoms with Gasteiger partial charge in [0.05, 0.1) is 6.04 Å². The molecule has 4 nitrogen and oxygen atoms in total. The first kappa shape index (κ1) is 20.6. The van der Waals surface area contributed by atoms with Crippen LogP contribution < -0.4 is 0 Å². The maximum atomic E-state index is 13.2. The Bertz CT molecular complexity index is 860. The number of amides is 2. The van der Waals surface area contributed by atoms with E-state index in [1.807, 2.05) is 73.7 Å². The molecule has 0 bridgehead atoms. The summed E-state index contributed by atoms with van der Waals surface area (Å²) in [6.45, 7) is 5.64. The summed E-state index contributed by atoms with van der Waals surface area (Å²) in [6, 6.07) is 19.2. The molecule has 1 aliphatic rings. The van der Waals surface area contributed by atoms with Crippen LogP contribution in [0.25, 0.3) is 6.08 Å². The molecule has 1 heterocycles. The summed E-state index contributed by atoms with van der Waals surface area (Å²) in [7, 11) is 0. The summed E-state index contributed by atoms with van der Waals surface area (Å²) >= 11 is 0. The number of ether oxygens (including phenoxy) is 1. The number of carbonyl (C=O) groups is 2. The van der Waals surface area contributed by atoms with E-state index in [-0.39, 0.29) is 17.9 Å². The molecule has 1 fully saturated rings. The third-order valence-corrected chi connectivity index (χ3v) is 5.23. The van der Waals surface area contributed by atoms with E-state index in [1.54, 1.807) is 6.08 Å². The molecule has 0 spiro atoms. The van der Waals surface area contributed by atoms with Gasteiger partial charge in [0.2, 0.25) is 5.91 Å². The molecule has 1 saturated heterocycles. The Kier molecular flexibility index (Phi) is 7.01. The van der Waals surface area contributed by atoms with Crippen LogP contribution in [0, 0.1) is 5.92 Å². The number of hydrogen-bond acceptors (Lipinski definition) is 3. The van der Waals surface area contributed by atoms with E-state index in [2.05, 4.69) is 12.7 Å². The van der Waals surface area contributed by atoms with E-state index in [0.717, 1.165) is 17.5 Å². The van der Waals surface area contributed by atoms with Crippen molar-refractivity contribution in [3.8, 4) is 0 Å². The molecule has 2 amide bonds. The van der Waals surface area contributed by atoms with Crippen LogP contribution in [0.3, 0.4) is 0 Å². The number of nitrogens with zero attached hydrogens (tertiary/aromatic N) is 1. The van der Waals surface area contributed by atoms with E-state index in [0.29, 0.717) is 12.8 Å². The number of imide groups is 1. The van der Waals surface area contributed by atoms with Crippen molar-refractivity contribution in [1.29, 1.82) is 0 Å². The quantitative estimate of drug-likeness (QED) is 0.538. The molecule has 0 radical (unpaired) electrons. The Morgan fingerprint density at radius 2 is 1.79 bits per heavy atom. The van der Waals surface area contributed by atoms with E-state index in [9.17, 15) is 9.59 Å². The van der Waals surface area contributed by atoms with E-state index < -0.39 is 12.2 Å². The number of rotatable bonds is 8. The maximum absolute atomic E-state index is 13.2. The van der Waals surface area contributed by atoms with Gasteiger partial charge in [-0.2, -0.15) is 0 Å². The zero-order chi connectivity index (χ0) is 20.6. The highest BCUT2D eigenvalue weighted by atomic mass is 16.6. The highest BCUT2D eigenvalue weighted by Gasteiger charge is 2.44. The second kappa shape index (κ2) is 9.87. The van der Waals surface area contributed by atoms with Gasteiger partial charge >= 0.3 is 6.09 Å². The third kappa shape index (κ3) is 5.02. The number of carbonyl (C=O) groups excluding carboxylic acids is 2. The second-order valence-corrected chi connectivity index (χ2v) is 7.28. The fourth-order valence-corrected chi connectivity index (χ4v) is 3.67. The van der Waals surface area contributed by atoms with Crippen LogP contribution in [0.15, 0.2) is 79.4 Å². The summed E-state index contributed by atoms with van der Waals surface area (Å²) < 4.78 is 5.53. The molecule has 1 aliphatic heterocycles. The fraction of sp³-hybridized carbons (Fsp3) is 0.280. The van der Waals surface area contributed by atoms with Crippen molar-refractivity contribution in [3.05, 3.63) is 90.5 Å². The lowest BCUT2D eigenvalue weighted by molar-refractivity contribution is -0.133. The zero-order valence-corrected chi connectivity index (χ0v) is 16.7. The molecule has 4 heteroatoms. The number of cyclic esters (lactones) is 1. The van der Waals surface area contributed by atoms with Crippen molar-refractivity contribution in [2.24, 2.45) is 5.92 Å². The molecule has 2 aromatic carbocycles. The molecular formula is C25H27NO3. The Hall–Kier alpha value is -3.14. The van der Waals surface area contributed by atoms with Crippen molar-refractivity contribution in [2.45, 2.75) is 38.3 Å². The predicted octanol–water partition coefficient (Wildman–Crippen LogP) is 5.78. The molecule has 2 aromatic rings. The Morgan fingerprint density at radius 3 is 2.45 bits per heavy atom. The number of allylic oxidation sites excluding steroid dienone is 2. The summed E-state index contributed by atoms with van der Waals surface area (Å²) in [4.78, 5) is 26.9. The van der Waals surface area contributed by atoms with Gasteiger partial charge in [0.15, 0.2) is 0 Å². The van der Waals surface area contributed by atoms with Gasteiger partial charge in [0.25, 0.3) is 0 Å². The molecule has 150 valence electrons. The summed E-state index contributed by atoms with van der Waals surface area (Å²) in [5.41, 5.74) is 2.02. The molecule has 0 aromatic heterocycles. The first-order valence-electron chi connectivity index (χ1n) is 10.0. The SMILES string of the molecule is C=CC[C@H](CC/C=C/c1ccccc1)C(=O)N1C(=O)O[C@@H](c2ccccc2)[C@H]1C. The normalized spacial score (nSPS) is 19.9.